The van der Waals surface area contributed by atoms with Crippen LogP contribution in [0.2, 0.25) is 20.1 Å². The van der Waals surface area contributed by atoms with E-state index in [9.17, 15) is 25.9 Å². The zero-order chi connectivity index (χ0) is 34.7. The maximum atomic E-state index is 11.1. The average Bonchev–Trinajstić information content (AvgIpc) is 3.46. The van der Waals surface area contributed by atoms with Crippen molar-refractivity contribution >= 4 is 100.0 Å². The third-order valence-corrected chi connectivity index (χ3v) is 10.2. The van der Waals surface area contributed by atoms with Gasteiger partial charge >= 0.3 is 0 Å². The molecule has 10 nitrogen and oxygen atoms in total. The van der Waals surface area contributed by atoms with Crippen LogP contribution in [0, 0.1) is 0 Å². The first-order valence-corrected chi connectivity index (χ1v) is 19.8. The van der Waals surface area contributed by atoms with Gasteiger partial charge in [0, 0.05) is 42.7 Å². The van der Waals surface area contributed by atoms with Crippen LogP contribution in [0.3, 0.4) is 0 Å². The highest BCUT2D eigenvalue weighted by Gasteiger charge is 2.27. The molecule has 1 aromatic heterocycles. The van der Waals surface area contributed by atoms with Crippen molar-refractivity contribution in [2.24, 2.45) is 0 Å². The van der Waals surface area contributed by atoms with Gasteiger partial charge in [-0.2, -0.15) is 4.57 Å². The molecular formula is C31H44Cl4N3O7S3-. The number of ether oxygens (including phenoxy) is 1. The van der Waals surface area contributed by atoms with Crippen LogP contribution in [0.5, 0.6) is 5.75 Å². The van der Waals surface area contributed by atoms with Gasteiger partial charge in [0.25, 0.3) is 5.01 Å². The fourth-order valence-corrected chi connectivity index (χ4v) is 6.95. The van der Waals surface area contributed by atoms with Crippen molar-refractivity contribution < 1.29 is 35.2 Å². The summed E-state index contributed by atoms with van der Waals surface area (Å²) in [4.78, 5) is 1.69. The zero-order valence-electron chi connectivity index (χ0n) is 25.7. The molecule has 17 heteroatoms. The molecule has 1 aliphatic rings. The molecule has 0 fully saturated rings. The van der Waals surface area contributed by atoms with Crippen molar-refractivity contribution in [2.45, 2.75) is 61.9 Å². The highest BCUT2D eigenvalue weighted by Crippen LogP contribution is 2.43. The fraction of sp³-hybridized carbons (Fsp3) is 0.452. The monoisotopic (exact) mass is 806 g/mol. The molecule has 2 aromatic carbocycles. The Morgan fingerprint density at radius 3 is 1.98 bits per heavy atom. The minimum absolute atomic E-state index is 0. The summed E-state index contributed by atoms with van der Waals surface area (Å²) in [6.45, 7) is 10.8. The molecule has 4 rings (SSSR count). The summed E-state index contributed by atoms with van der Waals surface area (Å²) in [5.41, 5.74) is 1.28. The van der Waals surface area contributed by atoms with Gasteiger partial charge in [0.15, 0.2) is 12.3 Å². The van der Waals surface area contributed by atoms with E-state index in [4.69, 9.17) is 51.1 Å². The maximum Gasteiger partial charge on any atom is 0.262 e. The van der Waals surface area contributed by atoms with Gasteiger partial charge in [-0.3, -0.25) is 0 Å². The Balaban J connectivity index is 0.00000225. The molecule has 0 saturated carbocycles. The molecule has 0 atom stereocenters. The minimum atomic E-state index is -4.39. The number of aryl methyl sites for hydroxylation is 1. The lowest BCUT2D eigenvalue weighted by atomic mass is 10.2. The Hall–Kier alpha value is -1.65. The van der Waals surface area contributed by atoms with Gasteiger partial charge < -0.3 is 24.1 Å². The highest BCUT2D eigenvalue weighted by atomic mass is 35.5. The quantitative estimate of drug-likeness (QED) is 0.141. The van der Waals surface area contributed by atoms with Crippen LogP contribution in [-0.2, 0) is 26.8 Å². The first-order valence-electron chi connectivity index (χ1n) is 14.4. The summed E-state index contributed by atoms with van der Waals surface area (Å²) in [6.07, 6.45) is 5.25. The smallest absolute Gasteiger partial charge is 0.262 e. The van der Waals surface area contributed by atoms with Crippen LogP contribution >= 0.6 is 57.7 Å². The molecule has 3 aromatic rings. The first-order chi connectivity index (χ1) is 21.6. The summed E-state index contributed by atoms with van der Waals surface area (Å²) in [5.74, 6) is -0.306. The number of hydrogen-bond acceptors (Lipinski definition) is 10. The fourth-order valence-electron chi connectivity index (χ4n) is 4.17. The number of rotatable bonds is 12. The van der Waals surface area contributed by atoms with Gasteiger partial charge in [0.1, 0.15) is 4.70 Å². The van der Waals surface area contributed by atoms with Crippen LogP contribution in [0.25, 0.3) is 16.3 Å². The molecular weight excluding hydrogens is 764 g/mol. The van der Waals surface area contributed by atoms with Gasteiger partial charge in [-0.25, -0.2) is 16.8 Å². The number of anilines is 1. The molecule has 0 amide bonds. The van der Waals surface area contributed by atoms with Crippen molar-refractivity contribution in [2.75, 3.05) is 36.0 Å². The summed E-state index contributed by atoms with van der Waals surface area (Å²) in [5, 5.41) is 5.07. The normalized spacial score (nSPS) is 13.2. The van der Waals surface area contributed by atoms with E-state index in [0.717, 1.165) is 23.3 Å². The standard InChI is InChI=1S/C23H20Cl4N2O7S3.C4H11N.C2H6.2CH4/c24-14-10-18-20(12-16(14)26)36-22(28(18)6-2-8-38(30,31)32)4-1-5-23-29(7-3-9-39(33,34)35)19-11-15(25)17(27)13-21(19)37-23;1-3-5-4-2;1-2;;/h1,4-5,10-13H,2-3,6-9H2,(H-,30,31,32,33,34,35);5H,3-4H2,1-2H3;1-2H3;2*1H4/p-1. The SMILES string of the molecule is C.C.CC.CCNCC.O=S(=O)([O-])CCCN1C(=CC=Cc2sc3cc(Cl)c(Cl)cc3[n+]2CCCS(=O)(=O)[O-])Oc2cc(Cl)c(Cl)cc21. The predicted molar refractivity (Wildman–Crippen MR) is 201 cm³/mol. The minimum Gasteiger partial charge on any atom is -0.748 e. The van der Waals surface area contributed by atoms with Crippen molar-refractivity contribution in [3.63, 3.8) is 0 Å². The molecule has 272 valence electrons. The number of halogens is 4. The maximum absolute atomic E-state index is 11.1. The lowest BCUT2D eigenvalue weighted by Gasteiger charge is -2.18. The van der Waals surface area contributed by atoms with Crippen molar-refractivity contribution in [1.29, 1.82) is 0 Å². The number of allylic oxidation sites excluding steroid dienone is 2. The zero-order valence-corrected chi connectivity index (χ0v) is 31.2. The van der Waals surface area contributed by atoms with E-state index in [-0.39, 0.29) is 50.8 Å². The lowest BCUT2D eigenvalue weighted by Crippen LogP contribution is -2.36. The van der Waals surface area contributed by atoms with Crippen LogP contribution in [0.1, 0.15) is 60.4 Å². The van der Waals surface area contributed by atoms with Crippen LogP contribution in [0.15, 0.2) is 42.3 Å². The van der Waals surface area contributed by atoms with E-state index < -0.39 is 31.7 Å². The van der Waals surface area contributed by atoms with E-state index in [1.54, 1.807) is 47.4 Å². The van der Waals surface area contributed by atoms with Gasteiger partial charge in [-0.15, -0.1) is 0 Å². The highest BCUT2D eigenvalue weighted by molar-refractivity contribution is 7.85. The molecule has 0 spiro atoms. The van der Waals surface area contributed by atoms with Crippen molar-refractivity contribution in [3.8, 4) is 5.75 Å². The van der Waals surface area contributed by atoms with Crippen LogP contribution in [-0.4, -0.2) is 57.1 Å². The Labute approximate surface area is 309 Å². The van der Waals surface area contributed by atoms with Crippen molar-refractivity contribution in [1.82, 2.24) is 5.32 Å². The Morgan fingerprint density at radius 1 is 0.875 bits per heavy atom. The van der Waals surface area contributed by atoms with Crippen LogP contribution < -0.4 is 19.5 Å². The second kappa shape index (κ2) is 21.5. The second-order valence-electron chi connectivity index (χ2n) is 9.37. The first kappa shape index (κ1) is 46.4. The predicted octanol–water partition coefficient (Wildman–Crippen LogP) is 8.34. The van der Waals surface area contributed by atoms with E-state index in [2.05, 4.69) is 19.2 Å². The van der Waals surface area contributed by atoms with E-state index in [1.165, 1.54) is 11.3 Å². The molecule has 0 aliphatic carbocycles. The summed E-state index contributed by atoms with van der Waals surface area (Å²) in [7, 11) is -8.77. The number of thiazole rings is 1. The van der Waals surface area contributed by atoms with Gasteiger partial charge in [-0.1, -0.05) is 100 Å². The number of benzene rings is 2. The number of nitrogens with zero attached hydrogens (tertiary/aromatic N) is 2. The Morgan fingerprint density at radius 2 is 1.42 bits per heavy atom. The molecule has 0 unspecified atom stereocenters. The summed E-state index contributed by atoms with van der Waals surface area (Å²) < 4.78 is 75.2. The summed E-state index contributed by atoms with van der Waals surface area (Å²) >= 11 is 26.1. The number of nitrogens with one attached hydrogen (secondary N) is 1. The molecule has 0 bridgehead atoms. The largest absolute Gasteiger partial charge is 0.748 e. The van der Waals surface area contributed by atoms with E-state index in [0.29, 0.717) is 32.4 Å². The number of hydrogen-bond donors (Lipinski definition) is 1. The average molecular weight is 809 g/mol. The second-order valence-corrected chi connectivity index (χ2v) is 15.1. The molecule has 48 heavy (non-hydrogen) atoms. The number of aromatic nitrogens is 1. The number of fused-ring (bicyclic) bond motifs is 2. The summed E-state index contributed by atoms with van der Waals surface area (Å²) in [6, 6.07) is 6.51. The van der Waals surface area contributed by atoms with Gasteiger partial charge in [0.2, 0.25) is 11.4 Å². The third-order valence-electron chi connectivity index (χ3n) is 6.08. The van der Waals surface area contributed by atoms with Gasteiger partial charge in [-0.05, 0) is 43.8 Å². The molecule has 1 aliphatic heterocycles. The van der Waals surface area contributed by atoms with Gasteiger partial charge in [0.05, 0.1) is 46.0 Å². The molecule has 1 N–H and O–H groups in total. The molecule has 0 radical (unpaired) electrons. The topological polar surface area (TPSA) is 143 Å². The van der Waals surface area contributed by atoms with E-state index >= 15 is 0 Å². The molecule has 2 heterocycles. The Bertz CT molecular complexity index is 1760. The Kier molecular flexibility index (Phi) is 20.8. The van der Waals surface area contributed by atoms with E-state index in [1.807, 2.05) is 18.4 Å². The third kappa shape index (κ3) is 14.3. The van der Waals surface area contributed by atoms with Crippen molar-refractivity contribution in [3.05, 3.63) is 67.4 Å². The lowest BCUT2D eigenvalue weighted by molar-refractivity contribution is -0.668. The van der Waals surface area contributed by atoms with Crippen LogP contribution in [0.4, 0.5) is 5.69 Å². The molecule has 0 saturated heterocycles.